The average Bonchev–Trinajstić information content (AvgIpc) is 2.31. The molecular formula is C11H20F3N3O2. The molecule has 0 spiro atoms. The van der Waals surface area contributed by atoms with Gasteiger partial charge in [-0.15, -0.1) is 0 Å². The molecule has 0 aromatic carbocycles. The molecule has 0 bridgehead atoms. The molecule has 112 valence electrons. The van der Waals surface area contributed by atoms with Crippen LogP contribution in [0.2, 0.25) is 0 Å². The predicted octanol–water partition coefficient (Wildman–Crippen LogP) is 0.511. The maximum absolute atomic E-state index is 11.9. The molecule has 1 unspecified atom stereocenters. The number of alkyl halides is 3. The van der Waals surface area contributed by atoms with Gasteiger partial charge in [0.2, 0.25) is 11.8 Å². The van der Waals surface area contributed by atoms with E-state index in [2.05, 4.69) is 5.32 Å². The van der Waals surface area contributed by atoms with Crippen LogP contribution < -0.4 is 10.6 Å². The Morgan fingerprint density at radius 1 is 1.32 bits per heavy atom. The number of halogens is 3. The Hall–Kier alpha value is -1.31. The van der Waals surface area contributed by atoms with Crippen LogP contribution in [0, 0.1) is 0 Å². The number of hydrogen-bond donors (Lipinski definition) is 2. The van der Waals surface area contributed by atoms with E-state index >= 15 is 0 Å². The molecule has 2 amide bonds. The molecule has 8 heteroatoms. The SMILES string of the molecule is CCC(C)NCC(=O)N(C)CC(=O)NCC(F)(F)F. The molecule has 5 nitrogen and oxygen atoms in total. The van der Waals surface area contributed by atoms with Crippen LogP contribution in [0.3, 0.4) is 0 Å². The fraction of sp³-hybridized carbons (Fsp3) is 0.818. The lowest BCUT2D eigenvalue weighted by Crippen LogP contribution is -2.45. The number of rotatable bonds is 7. The Balaban J connectivity index is 3.98. The van der Waals surface area contributed by atoms with Crippen molar-refractivity contribution in [2.24, 2.45) is 0 Å². The standard InChI is InChI=1S/C11H20F3N3O2/c1-4-8(2)15-5-10(19)17(3)6-9(18)16-7-11(12,13)14/h8,15H,4-7H2,1-3H3,(H,16,18). The van der Waals surface area contributed by atoms with Gasteiger partial charge in [-0.3, -0.25) is 9.59 Å². The summed E-state index contributed by atoms with van der Waals surface area (Å²) in [5, 5.41) is 4.65. The minimum Gasteiger partial charge on any atom is -0.345 e. The zero-order valence-corrected chi connectivity index (χ0v) is 11.3. The number of nitrogens with zero attached hydrogens (tertiary/aromatic N) is 1. The number of amides is 2. The second kappa shape index (κ2) is 7.98. The highest BCUT2D eigenvalue weighted by molar-refractivity contribution is 5.85. The molecule has 0 aliphatic rings. The van der Waals surface area contributed by atoms with Crippen molar-refractivity contribution in [3.63, 3.8) is 0 Å². The van der Waals surface area contributed by atoms with Gasteiger partial charge in [-0.25, -0.2) is 0 Å². The zero-order chi connectivity index (χ0) is 15.1. The predicted molar refractivity (Wildman–Crippen MR) is 64.5 cm³/mol. The van der Waals surface area contributed by atoms with Crippen molar-refractivity contribution in [1.82, 2.24) is 15.5 Å². The third-order valence-corrected chi connectivity index (χ3v) is 2.51. The number of likely N-dealkylation sites (N-methyl/N-ethyl adjacent to an activating group) is 1. The minimum absolute atomic E-state index is 0.0536. The van der Waals surface area contributed by atoms with Crippen molar-refractivity contribution in [2.45, 2.75) is 32.5 Å². The zero-order valence-electron chi connectivity index (χ0n) is 11.3. The summed E-state index contributed by atoms with van der Waals surface area (Å²) in [6.45, 7) is 2.13. The second-order valence-corrected chi connectivity index (χ2v) is 4.33. The van der Waals surface area contributed by atoms with Gasteiger partial charge in [-0.1, -0.05) is 6.92 Å². The topological polar surface area (TPSA) is 61.4 Å². The summed E-state index contributed by atoms with van der Waals surface area (Å²) in [4.78, 5) is 23.8. The molecule has 0 heterocycles. The maximum Gasteiger partial charge on any atom is 0.405 e. The molecule has 1 atom stereocenters. The first kappa shape index (κ1) is 17.7. The van der Waals surface area contributed by atoms with E-state index in [0.29, 0.717) is 0 Å². The largest absolute Gasteiger partial charge is 0.405 e. The van der Waals surface area contributed by atoms with Crippen molar-refractivity contribution in [1.29, 1.82) is 0 Å². The van der Waals surface area contributed by atoms with Crippen molar-refractivity contribution in [2.75, 3.05) is 26.7 Å². The molecule has 0 radical (unpaired) electrons. The summed E-state index contributed by atoms with van der Waals surface area (Å²) in [7, 11) is 1.37. The summed E-state index contributed by atoms with van der Waals surface area (Å²) >= 11 is 0. The third-order valence-electron chi connectivity index (χ3n) is 2.51. The highest BCUT2D eigenvalue weighted by Gasteiger charge is 2.28. The van der Waals surface area contributed by atoms with E-state index in [1.165, 1.54) is 7.05 Å². The van der Waals surface area contributed by atoms with E-state index in [1.807, 2.05) is 13.8 Å². The van der Waals surface area contributed by atoms with Gasteiger partial charge in [0.25, 0.3) is 0 Å². The van der Waals surface area contributed by atoms with Crippen molar-refractivity contribution in [3.8, 4) is 0 Å². The van der Waals surface area contributed by atoms with E-state index in [-0.39, 0.29) is 18.5 Å². The van der Waals surface area contributed by atoms with Crippen molar-refractivity contribution in [3.05, 3.63) is 0 Å². The maximum atomic E-state index is 11.9. The lowest BCUT2D eigenvalue weighted by atomic mass is 10.2. The summed E-state index contributed by atoms with van der Waals surface area (Å²) < 4.78 is 35.6. The molecule has 0 aromatic rings. The molecule has 2 N–H and O–H groups in total. The highest BCUT2D eigenvalue weighted by atomic mass is 19.4. The smallest absolute Gasteiger partial charge is 0.345 e. The van der Waals surface area contributed by atoms with Gasteiger partial charge in [-0.05, 0) is 13.3 Å². The lowest BCUT2D eigenvalue weighted by Gasteiger charge is -2.19. The van der Waals surface area contributed by atoms with Crippen LogP contribution >= 0.6 is 0 Å². The van der Waals surface area contributed by atoms with Gasteiger partial charge >= 0.3 is 6.18 Å². The van der Waals surface area contributed by atoms with Gasteiger partial charge in [0.05, 0.1) is 13.1 Å². The lowest BCUT2D eigenvalue weighted by molar-refractivity contribution is -0.141. The Morgan fingerprint density at radius 2 is 1.89 bits per heavy atom. The molecule has 0 aliphatic carbocycles. The molecule has 0 rings (SSSR count). The fourth-order valence-electron chi connectivity index (χ4n) is 1.10. The molecule has 0 aromatic heterocycles. The van der Waals surface area contributed by atoms with Crippen molar-refractivity contribution >= 4 is 11.8 Å². The third kappa shape index (κ3) is 9.29. The van der Waals surface area contributed by atoms with Gasteiger partial charge in [0, 0.05) is 13.1 Å². The van der Waals surface area contributed by atoms with Gasteiger partial charge in [0.1, 0.15) is 6.54 Å². The summed E-state index contributed by atoms with van der Waals surface area (Å²) in [5.74, 6) is -1.18. The van der Waals surface area contributed by atoms with Crippen molar-refractivity contribution < 1.29 is 22.8 Å². The van der Waals surface area contributed by atoms with Crippen LogP contribution in [0.5, 0.6) is 0 Å². The molecular weight excluding hydrogens is 263 g/mol. The van der Waals surface area contributed by atoms with E-state index < -0.39 is 25.2 Å². The summed E-state index contributed by atoms with van der Waals surface area (Å²) in [6.07, 6.45) is -3.60. The number of carbonyl (C=O) groups excluding carboxylic acids is 2. The van der Waals surface area contributed by atoms with Gasteiger partial charge in [0.15, 0.2) is 0 Å². The van der Waals surface area contributed by atoms with Gasteiger partial charge < -0.3 is 15.5 Å². The minimum atomic E-state index is -4.45. The van der Waals surface area contributed by atoms with Crippen LogP contribution in [0.4, 0.5) is 13.2 Å². The Bertz CT molecular complexity index is 308. The first-order valence-electron chi connectivity index (χ1n) is 5.96. The van der Waals surface area contributed by atoms with E-state index in [1.54, 1.807) is 5.32 Å². The fourth-order valence-corrected chi connectivity index (χ4v) is 1.10. The highest BCUT2D eigenvalue weighted by Crippen LogP contribution is 2.11. The molecule has 0 saturated carbocycles. The number of nitrogens with one attached hydrogen (secondary N) is 2. The number of carbonyl (C=O) groups is 2. The first-order chi connectivity index (χ1) is 8.65. The molecule has 0 aliphatic heterocycles. The average molecular weight is 283 g/mol. The summed E-state index contributed by atoms with van der Waals surface area (Å²) in [5.41, 5.74) is 0. The first-order valence-corrected chi connectivity index (χ1v) is 5.96. The van der Waals surface area contributed by atoms with Crippen LogP contribution in [0.1, 0.15) is 20.3 Å². The molecule has 0 saturated heterocycles. The Morgan fingerprint density at radius 3 is 2.37 bits per heavy atom. The monoisotopic (exact) mass is 283 g/mol. The summed E-state index contributed by atoms with van der Waals surface area (Å²) in [6, 6.07) is 0.163. The quantitative estimate of drug-likeness (QED) is 0.716. The van der Waals surface area contributed by atoms with E-state index in [4.69, 9.17) is 0 Å². The molecule has 0 fully saturated rings. The van der Waals surface area contributed by atoms with Crippen LogP contribution in [0.25, 0.3) is 0 Å². The van der Waals surface area contributed by atoms with E-state index in [0.717, 1.165) is 11.3 Å². The number of hydrogen-bond acceptors (Lipinski definition) is 3. The van der Waals surface area contributed by atoms with Crippen LogP contribution in [-0.2, 0) is 9.59 Å². The second-order valence-electron chi connectivity index (χ2n) is 4.33. The normalized spacial score (nSPS) is 12.9. The molecule has 19 heavy (non-hydrogen) atoms. The van der Waals surface area contributed by atoms with E-state index in [9.17, 15) is 22.8 Å². The Labute approximate surface area is 110 Å². The van der Waals surface area contributed by atoms with Crippen LogP contribution in [0.15, 0.2) is 0 Å². The van der Waals surface area contributed by atoms with Gasteiger partial charge in [-0.2, -0.15) is 13.2 Å². The van der Waals surface area contributed by atoms with Crippen LogP contribution in [-0.4, -0.2) is 55.6 Å². The Kier molecular flexibility index (Phi) is 7.43.